The number of carbonyl (C=O) groups is 1. The predicted octanol–water partition coefficient (Wildman–Crippen LogP) is 3.55. The van der Waals surface area contributed by atoms with Crippen molar-refractivity contribution in [1.29, 1.82) is 0 Å². The summed E-state index contributed by atoms with van der Waals surface area (Å²) in [5.74, 6) is -0.349. The zero-order valence-electron chi connectivity index (χ0n) is 15.8. The number of nitrogens with zero attached hydrogens (tertiary/aromatic N) is 1. The van der Waals surface area contributed by atoms with Crippen LogP contribution < -0.4 is 9.62 Å². The third-order valence-corrected chi connectivity index (χ3v) is 5.79. The summed E-state index contributed by atoms with van der Waals surface area (Å²) in [6.07, 6.45) is 2.68. The Bertz CT molecular complexity index is 885. The van der Waals surface area contributed by atoms with E-state index in [1.54, 1.807) is 18.2 Å². The summed E-state index contributed by atoms with van der Waals surface area (Å²) in [6.45, 7) is 3.46. The predicted molar refractivity (Wildman–Crippen MR) is 111 cm³/mol. The van der Waals surface area contributed by atoms with Gasteiger partial charge in [-0.15, -0.1) is 0 Å². The molecule has 0 heterocycles. The van der Waals surface area contributed by atoms with E-state index in [2.05, 4.69) is 5.32 Å². The minimum Gasteiger partial charge on any atom is -0.352 e. The number of aryl methyl sites for hydroxylation is 2. The van der Waals surface area contributed by atoms with Gasteiger partial charge in [0.05, 0.1) is 11.9 Å². The van der Waals surface area contributed by atoms with E-state index in [0.29, 0.717) is 10.7 Å². The van der Waals surface area contributed by atoms with Crippen molar-refractivity contribution in [1.82, 2.24) is 5.32 Å². The highest BCUT2D eigenvalue weighted by atomic mass is 35.5. The standard InChI is InChI=1S/C20H25ClN2O3S/c1-15-9-12-18(13-19(15)21)23(27(3,25)26)14-20(24)22-16(2)10-11-17-7-5-4-6-8-17/h4-9,12-13,16H,10-11,14H2,1-3H3,(H,22,24)/t16-/m0/s1. The second-order valence-corrected chi connectivity index (χ2v) is 9.01. The molecule has 0 saturated heterocycles. The lowest BCUT2D eigenvalue weighted by atomic mass is 10.1. The van der Waals surface area contributed by atoms with Crippen molar-refractivity contribution in [3.8, 4) is 0 Å². The third kappa shape index (κ3) is 6.56. The Hall–Kier alpha value is -2.05. The van der Waals surface area contributed by atoms with Gasteiger partial charge in [0.1, 0.15) is 6.54 Å². The molecule has 0 aliphatic carbocycles. The Balaban J connectivity index is 2.00. The van der Waals surface area contributed by atoms with Crippen LogP contribution in [0.1, 0.15) is 24.5 Å². The topological polar surface area (TPSA) is 66.5 Å². The molecule has 0 saturated carbocycles. The first-order valence-electron chi connectivity index (χ1n) is 8.74. The van der Waals surface area contributed by atoms with Crippen LogP contribution in [0.15, 0.2) is 48.5 Å². The van der Waals surface area contributed by atoms with Gasteiger partial charge in [-0.1, -0.05) is 48.0 Å². The number of hydrogen-bond donors (Lipinski definition) is 1. The van der Waals surface area contributed by atoms with Gasteiger partial charge in [0.15, 0.2) is 0 Å². The maximum atomic E-state index is 12.4. The van der Waals surface area contributed by atoms with Gasteiger partial charge in [-0.2, -0.15) is 0 Å². The molecule has 0 spiro atoms. The first-order chi connectivity index (χ1) is 12.7. The molecule has 2 aromatic rings. The smallest absolute Gasteiger partial charge is 0.240 e. The minimum atomic E-state index is -3.62. The molecular weight excluding hydrogens is 384 g/mol. The normalized spacial score (nSPS) is 12.4. The average molecular weight is 409 g/mol. The Labute approximate surface area is 166 Å². The highest BCUT2D eigenvalue weighted by molar-refractivity contribution is 7.92. The summed E-state index contributed by atoms with van der Waals surface area (Å²) in [5, 5.41) is 3.33. The summed E-state index contributed by atoms with van der Waals surface area (Å²) in [7, 11) is -3.62. The molecule has 0 unspecified atom stereocenters. The molecular formula is C20H25ClN2O3S. The maximum absolute atomic E-state index is 12.4. The molecule has 0 bridgehead atoms. The van der Waals surface area contributed by atoms with Gasteiger partial charge >= 0.3 is 0 Å². The second kappa shape index (κ2) is 9.24. The van der Waals surface area contributed by atoms with Crippen LogP contribution in [0, 0.1) is 6.92 Å². The van der Waals surface area contributed by atoms with Crippen LogP contribution >= 0.6 is 11.6 Å². The second-order valence-electron chi connectivity index (χ2n) is 6.70. The van der Waals surface area contributed by atoms with Crippen LogP contribution in [0.3, 0.4) is 0 Å². The maximum Gasteiger partial charge on any atom is 0.240 e. The number of amides is 1. The lowest BCUT2D eigenvalue weighted by Crippen LogP contribution is -2.43. The number of benzene rings is 2. The Morgan fingerprint density at radius 3 is 2.44 bits per heavy atom. The summed E-state index contributed by atoms with van der Waals surface area (Å²) >= 11 is 6.11. The fourth-order valence-electron chi connectivity index (χ4n) is 2.69. The summed E-state index contributed by atoms with van der Waals surface area (Å²) in [5.41, 5.74) is 2.42. The fraction of sp³-hybridized carbons (Fsp3) is 0.350. The number of rotatable bonds is 8. The van der Waals surface area contributed by atoms with Crippen LogP contribution in [0.5, 0.6) is 0 Å². The highest BCUT2D eigenvalue weighted by Crippen LogP contribution is 2.24. The van der Waals surface area contributed by atoms with Crippen LogP contribution in [-0.4, -0.2) is 33.2 Å². The molecule has 1 amide bonds. The van der Waals surface area contributed by atoms with Gasteiger partial charge in [0, 0.05) is 11.1 Å². The number of nitrogens with one attached hydrogen (secondary N) is 1. The summed E-state index contributed by atoms with van der Waals surface area (Å²) < 4.78 is 25.4. The monoisotopic (exact) mass is 408 g/mol. The zero-order valence-corrected chi connectivity index (χ0v) is 17.3. The van der Waals surface area contributed by atoms with Gasteiger partial charge in [0.25, 0.3) is 0 Å². The zero-order chi connectivity index (χ0) is 20.0. The number of halogens is 1. The molecule has 27 heavy (non-hydrogen) atoms. The van der Waals surface area contributed by atoms with Crippen LogP contribution in [0.2, 0.25) is 5.02 Å². The molecule has 0 fully saturated rings. The molecule has 2 aromatic carbocycles. The van der Waals surface area contributed by atoms with Gasteiger partial charge in [-0.3, -0.25) is 9.10 Å². The lowest BCUT2D eigenvalue weighted by Gasteiger charge is -2.23. The molecule has 7 heteroatoms. The molecule has 146 valence electrons. The largest absolute Gasteiger partial charge is 0.352 e. The Kier molecular flexibility index (Phi) is 7.27. The number of carbonyl (C=O) groups excluding carboxylic acids is 1. The van der Waals surface area contributed by atoms with Crippen molar-refractivity contribution in [3.63, 3.8) is 0 Å². The molecule has 0 aliphatic heterocycles. The highest BCUT2D eigenvalue weighted by Gasteiger charge is 2.22. The first kappa shape index (κ1) is 21.3. The van der Waals surface area contributed by atoms with Crippen molar-refractivity contribution in [2.45, 2.75) is 32.7 Å². The van der Waals surface area contributed by atoms with E-state index in [1.165, 1.54) is 5.56 Å². The summed E-state index contributed by atoms with van der Waals surface area (Å²) in [4.78, 5) is 12.4. The van der Waals surface area contributed by atoms with Crippen molar-refractivity contribution in [2.75, 3.05) is 17.1 Å². The number of sulfonamides is 1. The average Bonchev–Trinajstić information content (AvgIpc) is 2.60. The molecule has 1 N–H and O–H groups in total. The van der Waals surface area contributed by atoms with E-state index < -0.39 is 10.0 Å². The Morgan fingerprint density at radius 1 is 1.19 bits per heavy atom. The van der Waals surface area contributed by atoms with E-state index in [-0.39, 0.29) is 18.5 Å². The summed E-state index contributed by atoms with van der Waals surface area (Å²) in [6, 6.07) is 14.9. The van der Waals surface area contributed by atoms with Crippen LogP contribution in [0.25, 0.3) is 0 Å². The van der Waals surface area contributed by atoms with Crippen molar-refractivity contribution >= 4 is 33.2 Å². The van der Waals surface area contributed by atoms with Gasteiger partial charge < -0.3 is 5.32 Å². The SMILES string of the molecule is Cc1ccc(N(CC(=O)N[C@@H](C)CCc2ccccc2)S(C)(=O)=O)cc1Cl. The third-order valence-electron chi connectivity index (χ3n) is 4.25. The first-order valence-corrected chi connectivity index (χ1v) is 11.0. The van der Waals surface area contributed by atoms with Gasteiger partial charge in [-0.05, 0) is 49.9 Å². The number of anilines is 1. The van der Waals surface area contributed by atoms with Crippen LogP contribution in [0.4, 0.5) is 5.69 Å². The van der Waals surface area contributed by atoms with E-state index in [4.69, 9.17) is 11.6 Å². The van der Waals surface area contributed by atoms with Gasteiger partial charge in [-0.25, -0.2) is 8.42 Å². The quantitative estimate of drug-likeness (QED) is 0.726. The molecule has 0 aromatic heterocycles. The fourth-order valence-corrected chi connectivity index (χ4v) is 3.71. The molecule has 5 nitrogen and oxygen atoms in total. The molecule has 0 aliphatic rings. The van der Waals surface area contributed by atoms with Crippen molar-refractivity contribution < 1.29 is 13.2 Å². The Morgan fingerprint density at radius 2 is 1.85 bits per heavy atom. The van der Waals surface area contributed by atoms with E-state index in [1.807, 2.05) is 44.2 Å². The van der Waals surface area contributed by atoms with Crippen LogP contribution in [-0.2, 0) is 21.2 Å². The van der Waals surface area contributed by atoms with E-state index in [9.17, 15) is 13.2 Å². The minimum absolute atomic E-state index is 0.0688. The molecule has 1 atom stereocenters. The van der Waals surface area contributed by atoms with E-state index >= 15 is 0 Å². The van der Waals surface area contributed by atoms with Crippen molar-refractivity contribution in [3.05, 3.63) is 64.7 Å². The molecule has 0 radical (unpaired) electrons. The lowest BCUT2D eigenvalue weighted by molar-refractivity contribution is -0.120. The molecule has 2 rings (SSSR count). The van der Waals surface area contributed by atoms with E-state index in [0.717, 1.165) is 29.0 Å². The number of hydrogen-bond acceptors (Lipinski definition) is 3. The van der Waals surface area contributed by atoms with Gasteiger partial charge in [0.2, 0.25) is 15.9 Å². The van der Waals surface area contributed by atoms with Crippen molar-refractivity contribution in [2.24, 2.45) is 0 Å².